The van der Waals surface area contributed by atoms with Crippen LogP contribution < -0.4 is 15.3 Å². The molecule has 0 radical (unpaired) electrons. The minimum Gasteiger partial charge on any atom is -0.336 e. The van der Waals surface area contributed by atoms with E-state index in [0.29, 0.717) is 29.6 Å². The lowest BCUT2D eigenvalue weighted by Gasteiger charge is -2.44. The van der Waals surface area contributed by atoms with Gasteiger partial charge in [-0.15, -0.1) is 0 Å². The highest BCUT2D eigenvalue weighted by Gasteiger charge is 2.43. The molecule has 0 spiro atoms. The molecule has 1 N–H and O–H groups in total. The van der Waals surface area contributed by atoms with Gasteiger partial charge in [-0.1, -0.05) is 19.2 Å². The molecule has 182 valence electrons. The lowest BCUT2D eigenvalue weighted by molar-refractivity contribution is 0.0328. The van der Waals surface area contributed by atoms with Crippen molar-refractivity contribution in [3.05, 3.63) is 71.4 Å². The lowest BCUT2D eigenvalue weighted by Crippen LogP contribution is -2.56. The molecular weight excluding hydrogens is 448 g/mol. The maximum Gasteiger partial charge on any atom is 0.264 e. The smallest absolute Gasteiger partial charge is 0.264 e. The van der Waals surface area contributed by atoms with Gasteiger partial charge in [-0.05, 0) is 74.2 Å². The Kier molecular flexibility index (Phi) is 6.64. The summed E-state index contributed by atoms with van der Waals surface area (Å²) >= 11 is 0. The highest BCUT2D eigenvalue weighted by atomic mass is 32.2. The summed E-state index contributed by atoms with van der Waals surface area (Å²) in [6.45, 7) is 15.2. The second-order valence-corrected chi connectivity index (χ2v) is 11.1. The van der Waals surface area contributed by atoms with Gasteiger partial charge in [0.1, 0.15) is 4.91 Å². The predicted octanol–water partition coefficient (Wildman–Crippen LogP) is 2.42. The summed E-state index contributed by atoms with van der Waals surface area (Å²) in [4.78, 5) is 21.5. The van der Waals surface area contributed by atoms with E-state index in [4.69, 9.17) is 0 Å². The summed E-state index contributed by atoms with van der Waals surface area (Å²) in [6.07, 6.45) is 5.36. The van der Waals surface area contributed by atoms with Crippen LogP contribution in [0.4, 0.5) is 5.69 Å². The molecule has 1 aromatic carbocycles. The monoisotopic (exact) mass is 482 g/mol. The van der Waals surface area contributed by atoms with Crippen LogP contribution in [0, 0.1) is 5.92 Å². The quantitative estimate of drug-likeness (QED) is 0.656. The summed E-state index contributed by atoms with van der Waals surface area (Å²) in [7, 11) is -3.93. The number of pyridine rings is 1. The molecule has 0 atom stereocenters. The Morgan fingerprint density at radius 3 is 2.35 bits per heavy atom. The molecule has 8 heteroatoms. The van der Waals surface area contributed by atoms with Gasteiger partial charge in [-0.3, -0.25) is 19.4 Å². The molecule has 1 amide bonds. The topological polar surface area (TPSA) is 82.6 Å². The first kappa shape index (κ1) is 24.2. The number of aromatic nitrogens is 1. The van der Waals surface area contributed by atoms with E-state index in [2.05, 4.69) is 41.6 Å². The van der Waals surface area contributed by atoms with E-state index < -0.39 is 10.0 Å². The standard InChI is InChI=1S/C26H32N4O3S.H2/c1-5-23(24-19(2)7-6-14-27-24)34(32,33)28-22-12-8-20(9-13-22)25(31)29-15-17-30(18-16-29)26(3,4)21-10-11-21;/h5-9,12-14,21,28H,1-2,10-11,15-18H2,3-4H3;1H/b24-23-;. The fourth-order valence-corrected chi connectivity index (χ4v) is 5.82. The van der Waals surface area contributed by atoms with Crippen molar-refractivity contribution in [1.82, 2.24) is 14.8 Å². The number of piperazine rings is 1. The van der Waals surface area contributed by atoms with Gasteiger partial charge in [0.25, 0.3) is 15.9 Å². The summed E-state index contributed by atoms with van der Waals surface area (Å²) in [5, 5.41) is 0.741. The van der Waals surface area contributed by atoms with E-state index in [-0.39, 0.29) is 23.1 Å². The average Bonchev–Trinajstić information content (AvgIpc) is 3.67. The Hall–Kier alpha value is -2.97. The third-order valence-electron chi connectivity index (χ3n) is 6.94. The zero-order valence-electron chi connectivity index (χ0n) is 19.8. The molecule has 0 bridgehead atoms. The molecule has 1 saturated heterocycles. The van der Waals surface area contributed by atoms with Crippen LogP contribution in [0.2, 0.25) is 0 Å². The lowest BCUT2D eigenvalue weighted by atomic mass is 9.95. The Morgan fingerprint density at radius 1 is 1.15 bits per heavy atom. The molecule has 2 fully saturated rings. The van der Waals surface area contributed by atoms with Crippen molar-refractivity contribution in [1.29, 1.82) is 0 Å². The zero-order valence-corrected chi connectivity index (χ0v) is 20.6. The molecule has 2 aromatic rings. The molecule has 1 aliphatic heterocycles. The van der Waals surface area contributed by atoms with Crippen LogP contribution in [-0.2, 0) is 10.0 Å². The second-order valence-electron chi connectivity index (χ2n) is 9.47. The largest absolute Gasteiger partial charge is 0.336 e. The third kappa shape index (κ3) is 4.93. The maximum atomic E-state index is 13.0. The van der Waals surface area contributed by atoms with Crippen LogP contribution in [-0.4, -0.2) is 60.8 Å². The molecule has 2 aliphatic rings. The first-order chi connectivity index (χ1) is 16.1. The number of hydrogen-bond acceptors (Lipinski definition) is 5. The molecular formula is C26H34N4O3S. The number of nitrogens with one attached hydrogen (secondary N) is 1. The number of carbonyl (C=O) groups excluding carboxylic acids is 1. The van der Waals surface area contributed by atoms with Crippen molar-refractivity contribution in [2.24, 2.45) is 5.92 Å². The van der Waals surface area contributed by atoms with E-state index in [1.807, 2.05) is 4.90 Å². The van der Waals surface area contributed by atoms with Gasteiger partial charge in [0, 0.05) is 50.6 Å². The van der Waals surface area contributed by atoms with Crippen molar-refractivity contribution < 1.29 is 14.6 Å². The number of carbonyl (C=O) groups is 1. The van der Waals surface area contributed by atoms with E-state index in [9.17, 15) is 13.2 Å². The minimum atomic E-state index is -3.93. The Labute approximate surface area is 203 Å². The van der Waals surface area contributed by atoms with E-state index in [0.717, 1.165) is 19.0 Å². The van der Waals surface area contributed by atoms with Crippen LogP contribution in [0.3, 0.4) is 0 Å². The number of benzene rings is 1. The molecule has 1 aromatic heterocycles. The van der Waals surface area contributed by atoms with Gasteiger partial charge in [-0.25, -0.2) is 8.42 Å². The number of rotatable bonds is 7. The molecule has 34 heavy (non-hydrogen) atoms. The van der Waals surface area contributed by atoms with Crippen molar-refractivity contribution in [2.75, 3.05) is 30.9 Å². The number of hydrogen-bond donors (Lipinski definition) is 1. The van der Waals surface area contributed by atoms with Crippen molar-refractivity contribution in [3.8, 4) is 0 Å². The van der Waals surface area contributed by atoms with Crippen molar-refractivity contribution >= 4 is 33.1 Å². The van der Waals surface area contributed by atoms with Gasteiger partial charge in [0.05, 0.1) is 5.35 Å². The van der Waals surface area contributed by atoms with Gasteiger partial charge < -0.3 is 4.90 Å². The van der Waals surface area contributed by atoms with Crippen LogP contribution in [0.5, 0.6) is 0 Å². The molecule has 4 rings (SSSR count). The number of sulfonamides is 1. The average molecular weight is 483 g/mol. The summed E-state index contributed by atoms with van der Waals surface area (Å²) in [5.41, 5.74) is 1.09. The normalized spacial score (nSPS) is 18.4. The molecule has 7 nitrogen and oxygen atoms in total. The zero-order chi connectivity index (χ0) is 24.5. The van der Waals surface area contributed by atoms with Gasteiger partial charge in [0.15, 0.2) is 0 Å². The Morgan fingerprint density at radius 2 is 1.79 bits per heavy atom. The summed E-state index contributed by atoms with van der Waals surface area (Å²) in [6, 6.07) is 9.89. The highest BCUT2D eigenvalue weighted by molar-refractivity contribution is 8.01. The SMILES string of the molecule is C=C/C(=c1/ncccc1=C)S(=O)(=O)Nc1ccc(C(=O)N2CCN(C(C)(C)C3CC3)CC2)cc1.[HH]. The first-order valence-electron chi connectivity index (χ1n) is 11.6. The fraction of sp³-hybridized carbons (Fsp3) is 0.385. The maximum absolute atomic E-state index is 13.0. The van der Waals surface area contributed by atoms with Crippen LogP contribution in [0.1, 0.15) is 38.5 Å². The molecule has 0 unspecified atom stereocenters. The molecule has 2 heterocycles. The van der Waals surface area contributed by atoms with E-state index >= 15 is 0 Å². The fourth-order valence-electron chi connectivity index (χ4n) is 4.60. The summed E-state index contributed by atoms with van der Waals surface area (Å²) < 4.78 is 28.4. The van der Waals surface area contributed by atoms with Gasteiger partial charge >= 0.3 is 0 Å². The van der Waals surface area contributed by atoms with Crippen molar-refractivity contribution in [3.63, 3.8) is 0 Å². The van der Waals surface area contributed by atoms with E-state index in [1.165, 1.54) is 25.1 Å². The summed E-state index contributed by atoms with van der Waals surface area (Å²) in [5.74, 6) is 0.731. The highest BCUT2D eigenvalue weighted by Crippen LogP contribution is 2.43. The number of anilines is 1. The molecule has 1 saturated carbocycles. The predicted molar refractivity (Wildman–Crippen MR) is 138 cm³/mol. The van der Waals surface area contributed by atoms with Crippen molar-refractivity contribution in [2.45, 2.75) is 32.2 Å². The van der Waals surface area contributed by atoms with Crippen LogP contribution >= 0.6 is 0 Å². The first-order valence-corrected chi connectivity index (χ1v) is 13.1. The third-order valence-corrected chi connectivity index (χ3v) is 8.39. The van der Waals surface area contributed by atoms with Crippen LogP contribution in [0.25, 0.3) is 11.5 Å². The minimum absolute atomic E-state index is 0. The second kappa shape index (κ2) is 9.35. The van der Waals surface area contributed by atoms with Crippen LogP contribution in [0.15, 0.2) is 55.3 Å². The number of amides is 1. The van der Waals surface area contributed by atoms with E-state index in [1.54, 1.807) is 36.4 Å². The Bertz CT molecular complexity index is 1300. The molecule has 1 aliphatic carbocycles. The van der Waals surface area contributed by atoms with Gasteiger partial charge in [-0.2, -0.15) is 0 Å². The Balaban J connectivity index is 0.00000342. The van der Waals surface area contributed by atoms with Gasteiger partial charge in [0.2, 0.25) is 0 Å². The number of nitrogens with zero attached hydrogens (tertiary/aromatic N) is 3.